The van der Waals surface area contributed by atoms with Gasteiger partial charge in [-0.05, 0) is 25.3 Å². The van der Waals surface area contributed by atoms with E-state index in [0.717, 1.165) is 6.42 Å². The van der Waals surface area contributed by atoms with Gasteiger partial charge < -0.3 is 4.90 Å². The van der Waals surface area contributed by atoms with Gasteiger partial charge in [-0.3, -0.25) is 14.4 Å². The van der Waals surface area contributed by atoms with Crippen molar-refractivity contribution in [3.63, 3.8) is 0 Å². The molecule has 0 bridgehead atoms. The summed E-state index contributed by atoms with van der Waals surface area (Å²) in [6.45, 7) is 3.69. The van der Waals surface area contributed by atoms with Gasteiger partial charge in [0, 0.05) is 11.5 Å². The van der Waals surface area contributed by atoms with Crippen LogP contribution in [0.5, 0.6) is 0 Å². The Hall–Kier alpha value is -1.97. The van der Waals surface area contributed by atoms with Crippen molar-refractivity contribution in [2.45, 2.75) is 45.2 Å². The van der Waals surface area contributed by atoms with Gasteiger partial charge in [-0.1, -0.05) is 32.0 Å². The zero-order valence-electron chi connectivity index (χ0n) is 12.3. The number of nitrogens with zero attached hydrogens (tertiary/aromatic N) is 1. The zero-order chi connectivity index (χ0) is 15.1. The van der Waals surface area contributed by atoms with Crippen LogP contribution in [-0.4, -0.2) is 34.5 Å². The van der Waals surface area contributed by atoms with Crippen molar-refractivity contribution < 1.29 is 14.4 Å². The van der Waals surface area contributed by atoms with Crippen molar-refractivity contribution in [2.24, 2.45) is 5.92 Å². The molecule has 0 spiro atoms. The van der Waals surface area contributed by atoms with Gasteiger partial charge in [-0.2, -0.15) is 0 Å². The zero-order valence-corrected chi connectivity index (χ0v) is 12.3. The number of carbonyl (C=O) groups excluding carboxylic acids is 3. The van der Waals surface area contributed by atoms with Gasteiger partial charge in [0.15, 0.2) is 11.6 Å². The van der Waals surface area contributed by atoms with Crippen molar-refractivity contribution >= 4 is 17.5 Å². The Labute approximate surface area is 124 Å². The number of Topliss-reactive ketones (excluding diaryl/α,β-unsaturated/α-hetero) is 2. The molecule has 1 fully saturated rings. The van der Waals surface area contributed by atoms with Crippen LogP contribution in [0.25, 0.3) is 0 Å². The molecule has 1 amide bonds. The average molecular weight is 285 g/mol. The summed E-state index contributed by atoms with van der Waals surface area (Å²) in [5, 5.41) is 0. The van der Waals surface area contributed by atoms with Gasteiger partial charge in [0.1, 0.15) is 0 Å². The van der Waals surface area contributed by atoms with E-state index in [1.807, 2.05) is 13.8 Å². The molecule has 0 radical (unpaired) electrons. The molecule has 21 heavy (non-hydrogen) atoms. The summed E-state index contributed by atoms with van der Waals surface area (Å²) in [7, 11) is 0. The van der Waals surface area contributed by atoms with Crippen LogP contribution in [-0.2, 0) is 4.79 Å². The molecule has 0 N–H and O–H groups in total. The smallest absolute Gasteiger partial charge is 0.255 e. The van der Waals surface area contributed by atoms with E-state index < -0.39 is 12.1 Å². The first-order valence-electron chi connectivity index (χ1n) is 7.52. The monoisotopic (exact) mass is 285 g/mol. The summed E-state index contributed by atoms with van der Waals surface area (Å²) >= 11 is 0. The van der Waals surface area contributed by atoms with E-state index in [9.17, 15) is 14.4 Å². The van der Waals surface area contributed by atoms with E-state index in [1.54, 1.807) is 29.2 Å². The van der Waals surface area contributed by atoms with E-state index in [2.05, 4.69) is 0 Å². The molecule has 3 rings (SSSR count). The largest absolute Gasteiger partial charge is 0.318 e. The highest BCUT2D eigenvalue weighted by atomic mass is 16.2. The summed E-state index contributed by atoms with van der Waals surface area (Å²) < 4.78 is 0. The molecule has 110 valence electrons. The minimum Gasteiger partial charge on any atom is -0.318 e. The number of carbonyl (C=O) groups is 3. The first kappa shape index (κ1) is 14.0. The van der Waals surface area contributed by atoms with Crippen molar-refractivity contribution in [2.75, 3.05) is 0 Å². The lowest BCUT2D eigenvalue weighted by Gasteiger charge is -2.44. The Morgan fingerprint density at radius 2 is 1.81 bits per heavy atom. The molecule has 2 aliphatic rings. The van der Waals surface area contributed by atoms with Crippen LogP contribution in [0.3, 0.4) is 0 Å². The molecule has 2 atom stereocenters. The van der Waals surface area contributed by atoms with E-state index in [1.165, 1.54) is 0 Å². The fourth-order valence-electron chi connectivity index (χ4n) is 3.41. The molecule has 0 saturated carbocycles. The second-order valence-corrected chi connectivity index (χ2v) is 6.14. The highest BCUT2D eigenvalue weighted by Gasteiger charge is 2.46. The number of piperidine rings is 1. The molecular weight excluding hydrogens is 266 g/mol. The van der Waals surface area contributed by atoms with Crippen molar-refractivity contribution in [1.29, 1.82) is 0 Å². The third kappa shape index (κ3) is 2.09. The third-order valence-corrected chi connectivity index (χ3v) is 4.48. The van der Waals surface area contributed by atoms with Crippen LogP contribution < -0.4 is 0 Å². The molecule has 4 nitrogen and oxygen atoms in total. The van der Waals surface area contributed by atoms with E-state index in [0.29, 0.717) is 24.0 Å². The maximum absolute atomic E-state index is 12.8. The second kappa shape index (κ2) is 5.10. The SMILES string of the molecule is CC(C)C(=O)C1CCCC2C(=O)c3ccccc3C(=O)N21. The van der Waals surface area contributed by atoms with Gasteiger partial charge in [0.2, 0.25) is 0 Å². The van der Waals surface area contributed by atoms with Crippen LogP contribution in [0.4, 0.5) is 0 Å². The minimum absolute atomic E-state index is 0.0218. The maximum atomic E-state index is 12.8. The number of amides is 1. The number of rotatable bonds is 2. The van der Waals surface area contributed by atoms with Gasteiger partial charge in [-0.15, -0.1) is 0 Å². The average Bonchev–Trinajstić information content (AvgIpc) is 2.51. The maximum Gasteiger partial charge on any atom is 0.255 e. The summed E-state index contributed by atoms with van der Waals surface area (Å²) in [5.41, 5.74) is 0.934. The summed E-state index contributed by atoms with van der Waals surface area (Å²) in [6, 6.07) is 6.01. The lowest BCUT2D eigenvalue weighted by Crippen LogP contribution is -2.59. The molecule has 2 heterocycles. The van der Waals surface area contributed by atoms with Gasteiger partial charge in [0.25, 0.3) is 5.91 Å². The molecule has 4 heteroatoms. The highest BCUT2D eigenvalue weighted by molar-refractivity contribution is 6.16. The molecule has 1 aromatic carbocycles. The van der Waals surface area contributed by atoms with E-state index >= 15 is 0 Å². The van der Waals surface area contributed by atoms with Crippen molar-refractivity contribution in [3.8, 4) is 0 Å². The number of hydrogen-bond donors (Lipinski definition) is 0. The number of benzene rings is 1. The van der Waals surface area contributed by atoms with E-state index in [4.69, 9.17) is 0 Å². The molecule has 1 aromatic rings. The molecule has 0 aliphatic carbocycles. The number of fused-ring (bicyclic) bond motifs is 2. The quantitative estimate of drug-likeness (QED) is 0.838. The molecule has 2 aliphatic heterocycles. The van der Waals surface area contributed by atoms with Gasteiger partial charge in [0.05, 0.1) is 17.6 Å². The number of ketones is 2. The van der Waals surface area contributed by atoms with Crippen LogP contribution in [0.1, 0.15) is 53.8 Å². The molecule has 1 saturated heterocycles. The van der Waals surface area contributed by atoms with Crippen LogP contribution in [0, 0.1) is 5.92 Å². The lowest BCUT2D eigenvalue weighted by molar-refractivity contribution is -0.128. The molecular formula is C17H19NO3. The topological polar surface area (TPSA) is 54.5 Å². The fourth-order valence-corrected chi connectivity index (χ4v) is 3.41. The summed E-state index contributed by atoms with van der Waals surface area (Å²) in [6.07, 6.45) is 2.13. The Morgan fingerprint density at radius 1 is 1.14 bits per heavy atom. The molecule has 2 unspecified atom stereocenters. The summed E-state index contributed by atoms with van der Waals surface area (Å²) in [4.78, 5) is 39.3. The van der Waals surface area contributed by atoms with E-state index in [-0.39, 0.29) is 23.4 Å². The Kier molecular flexibility index (Phi) is 3.40. The fraction of sp³-hybridized carbons (Fsp3) is 0.471. The predicted molar refractivity (Wildman–Crippen MR) is 78.2 cm³/mol. The van der Waals surface area contributed by atoms with Crippen LogP contribution in [0.2, 0.25) is 0 Å². The first-order chi connectivity index (χ1) is 10.0. The van der Waals surface area contributed by atoms with Crippen molar-refractivity contribution in [1.82, 2.24) is 4.90 Å². The third-order valence-electron chi connectivity index (χ3n) is 4.48. The Balaban J connectivity index is 2.06. The summed E-state index contributed by atoms with van der Waals surface area (Å²) in [5.74, 6) is -0.269. The van der Waals surface area contributed by atoms with Crippen molar-refractivity contribution in [3.05, 3.63) is 35.4 Å². The predicted octanol–water partition coefficient (Wildman–Crippen LogP) is 2.47. The highest BCUT2D eigenvalue weighted by Crippen LogP contribution is 2.33. The normalized spacial score (nSPS) is 24.8. The second-order valence-electron chi connectivity index (χ2n) is 6.14. The minimum atomic E-state index is -0.464. The van der Waals surface area contributed by atoms with Crippen LogP contribution in [0.15, 0.2) is 24.3 Å². The standard InChI is InChI=1S/C17H19NO3/c1-10(2)15(19)13-8-5-9-14-16(20)11-6-3-4-7-12(11)17(21)18(13)14/h3-4,6-7,10,13-14H,5,8-9H2,1-2H3. The number of hydrogen-bond acceptors (Lipinski definition) is 3. The Bertz CT molecular complexity index is 620. The first-order valence-corrected chi connectivity index (χ1v) is 7.52. The van der Waals surface area contributed by atoms with Gasteiger partial charge in [-0.25, -0.2) is 0 Å². The lowest BCUT2D eigenvalue weighted by atomic mass is 9.81. The Morgan fingerprint density at radius 3 is 2.48 bits per heavy atom. The molecule has 0 aromatic heterocycles. The van der Waals surface area contributed by atoms with Crippen LogP contribution >= 0.6 is 0 Å². The van der Waals surface area contributed by atoms with Gasteiger partial charge >= 0.3 is 0 Å².